The molecule has 4 rings (SSSR count). The van der Waals surface area contributed by atoms with Gasteiger partial charge in [0.2, 0.25) is 5.91 Å². The second-order valence-electron chi connectivity index (χ2n) is 7.09. The summed E-state index contributed by atoms with van der Waals surface area (Å²) < 4.78 is 0. The van der Waals surface area contributed by atoms with E-state index < -0.39 is 0 Å². The third-order valence-corrected chi connectivity index (χ3v) is 5.47. The predicted octanol–water partition coefficient (Wildman–Crippen LogP) is 2.08. The van der Waals surface area contributed by atoms with Crippen molar-refractivity contribution in [2.75, 3.05) is 19.6 Å². The lowest BCUT2D eigenvalue weighted by atomic mass is 9.89. The zero-order chi connectivity index (χ0) is 18.3. The van der Waals surface area contributed by atoms with Crippen LogP contribution >= 0.6 is 0 Å². The molecule has 2 aliphatic heterocycles. The Morgan fingerprint density at radius 1 is 1.12 bits per heavy atom. The Morgan fingerprint density at radius 2 is 1.88 bits per heavy atom. The standard InChI is InChI=1S/C20H21N3O3/c1-13(24)23-11-16-10-22(20(26)15-7-17(25)9-21-8-15)12-18(16)19(23)14-5-3-2-4-6-14/h2-9,16,18-19,25H,10-12H2,1H3/t16-,18-,19+/m1/s1. The van der Waals surface area contributed by atoms with Crippen LogP contribution in [-0.2, 0) is 4.79 Å². The summed E-state index contributed by atoms with van der Waals surface area (Å²) in [6, 6.07) is 11.5. The summed E-state index contributed by atoms with van der Waals surface area (Å²) >= 11 is 0. The maximum Gasteiger partial charge on any atom is 0.255 e. The summed E-state index contributed by atoms with van der Waals surface area (Å²) in [6.45, 7) is 3.49. The number of likely N-dealkylation sites (tertiary alicyclic amines) is 2. The van der Waals surface area contributed by atoms with E-state index in [2.05, 4.69) is 4.98 Å². The molecule has 2 saturated heterocycles. The molecule has 0 aliphatic carbocycles. The number of amides is 2. The molecule has 2 fully saturated rings. The lowest BCUT2D eigenvalue weighted by Crippen LogP contribution is -2.36. The fourth-order valence-electron chi connectivity index (χ4n) is 4.34. The van der Waals surface area contributed by atoms with Crippen molar-refractivity contribution in [1.29, 1.82) is 0 Å². The Balaban J connectivity index is 1.59. The molecule has 2 aromatic rings. The van der Waals surface area contributed by atoms with Gasteiger partial charge in [-0.3, -0.25) is 14.6 Å². The Hall–Kier alpha value is -2.89. The van der Waals surface area contributed by atoms with Crippen LogP contribution in [0.4, 0.5) is 0 Å². The van der Waals surface area contributed by atoms with E-state index in [4.69, 9.17) is 0 Å². The van der Waals surface area contributed by atoms with Gasteiger partial charge >= 0.3 is 0 Å². The van der Waals surface area contributed by atoms with E-state index in [9.17, 15) is 14.7 Å². The number of benzene rings is 1. The summed E-state index contributed by atoms with van der Waals surface area (Å²) in [5.74, 6) is 0.418. The van der Waals surface area contributed by atoms with Crippen LogP contribution < -0.4 is 0 Å². The normalized spacial score (nSPS) is 24.6. The average Bonchev–Trinajstić information content (AvgIpc) is 3.19. The zero-order valence-corrected chi connectivity index (χ0v) is 14.6. The van der Waals surface area contributed by atoms with E-state index in [0.717, 1.165) is 5.56 Å². The van der Waals surface area contributed by atoms with E-state index >= 15 is 0 Å². The number of aromatic hydroxyl groups is 1. The highest BCUT2D eigenvalue weighted by atomic mass is 16.3. The first-order valence-electron chi connectivity index (χ1n) is 8.80. The van der Waals surface area contributed by atoms with Gasteiger partial charge in [0.25, 0.3) is 5.91 Å². The van der Waals surface area contributed by atoms with E-state index in [1.807, 2.05) is 40.1 Å². The average molecular weight is 351 g/mol. The largest absolute Gasteiger partial charge is 0.506 e. The first kappa shape index (κ1) is 16.6. The number of carbonyl (C=O) groups is 2. The molecule has 0 spiro atoms. The van der Waals surface area contributed by atoms with Gasteiger partial charge < -0.3 is 14.9 Å². The molecule has 0 saturated carbocycles. The van der Waals surface area contributed by atoms with Crippen LogP contribution in [0, 0.1) is 11.8 Å². The molecule has 134 valence electrons. The maximum absolute atomic E-state index is 12.8. The highest BCUT2D eigenvalue weighted by Gasteiger charge is 2.49. The van der Waals surface area contributed by atoms with E-state index in [0.29, 0.717) is 25.2 Å². The molecule has 2 aliphatic rings. The van der Waals surface area contributed by atoms with Crippen LogP contribution in [0.1, 0.15) is 28.9 Å². The van der Waals surface area contributed by atoms with Gasteiger partial charge in [0.15, 0.2) is 0 Å². The molecule has 2 amide bonds. The van der Waals surface area contributed by atoms with Gasteiger partial charge in [0, 0.05) is 44.6 Å². The lowest BCUT2D eigenvalue weighted by Gasteiger charge is -2.29. The number of carbonyl (C=O) groups excluding carboxylic acids is 2. The molecule has 3 heterocycles. The summed E-state index contributed by atoms with van der Waals surface area (Å²) in [7, 11) is 0. The highest BCUT2D eigenvalue weighted by molar-refractivity contribution is 5.94. The van der Waals surface area contributed by atoms with Crippen LogP contribution in [0.25, 0.3) is 0 Å². The van der Waals surface area contributed by atoms with E-state index in [1.54, 1.807) is 6.92 Å². The van der Waals surface area contributed by atoms with Gasteiger partial charge in [-0.1, -0.05) is 30.3 Å². The number of nitrogens with zero attached hydrogens (tertiary/aromatic N) is 3. The molecule has 1 aromatic carbocycles. The maximum atomic E-state index is 12.8. The van der Waals surface area contributed by atoms with Gasteiger partial charge in [0.1, 0.15) is 5.75 Å². The fraction of sp³-hybridized carbons (Fsp3) is 0.350. The monoisotopic (exact) mass is 351 g/mol. The number of pyridine rings is 1. The Morgan fingerprint density at radius 3 is 2.58 bits per heavy atom. The van der Waals surface area contributed by atoms with Gasteiger partial charge in [-0.25, -0.2) is 0 Å². The molecular weight excluding hydrogens is 330 g/mol. The van der Waals surface area contributed by atoms with E-state index in [-0.39, 0.29) is 35.4 Å². The third-order valence-electron chi connectivity index (χ3n) is 5.47. The molecular formula is C20H21N3O3. The summed E-state index contributed by atoms with van der Waals surface area (Å²) in [5, 5.41) is 9.58. The summed E-state index contributed by atoms with van der Waals surface area (Å²) in [4.78, 5) is 32.6. The fourth-order valence-corrected chi connectivity index (χ4v) is 4.34. The Kier molecular flexibility index (Phi) is 4.11. The highest BCUT2D eigenvalue weighted by Crippen LogP contribution is 2.45. The number of fused-ring (bicyclic) bond motifs is 1. The first-order chi connectivity index (χ1) is 12.5. The molecule has 0 unspecified atom stereocenters. The minimum atomic E-state index is -0.121. The van der Waals surface area contributed by atoms with Gasteiger partial charge in [-0.15, -0.1) is 0 Å². The Labute approximate surface area is 152 Å². The second kappa shape index (κ2) is 6.44. The zero-order valence-electron chi connectivity index (χ0n) is 14.6. The molecule has 1 aromatic heterocycles. The molecule has 6 nitrogen and oxygen atoms in total. The van der Waals surface area contributed by atoms with Crippen LogP contribution in [0.5, 0.6) is 5.75 Å². The lowest BCUT2D eigenvalue weighted by molar-refractivity contribution is -0.130. The number of aromatic nitrogens is 1. The van der Waals surface area contributed by atoms with Crippen molar-refractivity contribution < 1.29 is 14.7 Å². The predicted molar refractivity (Wildman–Crippen MR) is 95.4 cm³/mol. The molecule has 1 N–H and O–H groups in total. The molecule has 3 atom stereocenters. The van der Waals surface area contributed by atoms with Crippen molar-refractivity contribution >= 4 is 11.8 Å². The minimum absolute atomic E-state index is 0.00111. The molecule has 0 radical (unpaired) electrons. The third kappa shape index (κ3) is 2.81. The van der Waals surface area contributed by atoms with Crippen molar-refractivity contribution in [2.45, 2.75) is 13.0 Å². The van der Waals surface area contributed by atoms with Crippen molar-refractivity contribution in [3.8, 4) is 5.75 Å². The van der Waals surface area contributed by atoms with Gasteiger partial charge in [-0.2, -0.15) is 0 Å². The van der Waals surface area contributed by atoms with Crippen LogP contribution in [-0.4, -0.2) is 51.3 Å². The minimum Gasteiger partial charge on any atom is -0.506 e. The van der Waals surface area contributed by atoms with Crippen LogP contribution in [0.3, 0.4) is 0 Å². The molecule has 6 heteroatoms. The summed E-state index contributed by atoms with van der Waals surface area (Å²) in [5.41, 5.74) is 1.51. The topological polar surface area (TPSA) is 73.7 Å². The van der Waals surface area contributed by atoms with Crippen molar-refractivity contribution in [3.63, 3.8) is 0 Å². The van der Waals surface area contributed by atoms with Crippen LogP contribution in [0.15, 0.2) is 48.8 Å². The van der Waals surface area contributed by atoms with Crippen molar-refractivity contribution in [3.05, 3.63) is 59.9 Å². The number of hydrogen-bond donors (Lipinski definition) is 1. The quantitative estimate of drug-likeness (QED) is 0.899. The summed E-state index contributed by atoms with van der Waals surface area (Å²) in [6.07, 6.45) is 2.79. The smallest absolute Gasteiger partial charge is 0.255 e. The number of hydrogen-bond acceptors (Lipinski definition) is 4. The van der Waals surface area contributed by atoms with Crippen molar-refractivity contribution in [1.82, 2.24) is 14.8 Å². The van der Waals surface area contributed by atoms with Gasteiger partial charge in [0.05, 0.1) is 17.8 Å². The Bertz CT molecular complexity index is 839. The van der Waals surface area contributed by atoms with Crippen LogP contribution in [0.2, 0.25) is 0 Å². The SMILES string of the molecule is CC(=O)N1C[C@H]2CN(C(=O)c3cncc(O)c3)C[C@H]2[C@@H]1c1ccccc1. The molecule has 0 bridgehead atoms. The molecule has 26 heavy (non-hydrogen) atoms. The van der Waals surface area contributed by atoms with Crippen molar-refractivity contribution in [2.24, 2.45) is 11.8 Å². The number of rotatable bonds is 2. The first-order valence-corrected chi connectivity index (χ1v) is 8.80. The second-order valence-corrected chi connectivity index (χ2v) is 7.09. The van der Waals surface area contributed by atoms with E-state index in [1.165, 1.54) is 18.5 Å². The van der Waals surface area contributed by atoms with Gasteiger partial charge in [-0.05, 0) is 11.6 Å².